The van der Waals surface area contributed by atoms with Crippen LogP contribution in [0.25, 0.3) is 0 Å². The minimum Gasteiger partial charge on any atom is -0.408 e. The standard InChI is InChI=1S/C27H40N4O3S/c1-19(2)18-23(24(32)25-28-29-27(34-25)35-17-16-30(4)5)31(20(3)21-12-8-6-9-13-21)26(33)22-14-10-7-11-15-22/h6,8-9,12-13,19-20,22-23H,7,10-11,14-18H2,1-5H3. The molecule has 7 nitrogen and oxygen atoms in total. The van der Waals surface area contributed by atoms with Crippen molar-refractivity contribution < 1.29 is 14.0 Å². The van der Waals surface area contributed by atoms with Crippen LogP contribution in [0.4, 0.5) is 0 Å². The quantitative estimate of drug-likeness (QED) is 0.282. The van der Waals surface area contributed by atoms with Crippen LogP contribution >= 0.6 is 11.8 Å². The minimum atomic E-state index is -0.653. The summed E-state index contributed by atoms with van der Waals surface area (Å²) in [5, 5.41) is 8.57. The average molecular weight is 501 g/mol. The van der Waals surface area contributed by atoms with Crippen molar-refractivity contribution in [2.75, 3.05) is 26.4 Å². The van der Waals surface area contributed by atoms with Crippen molar-refractivity contribution in [1.82, 2.24) is 20.0 Å². The van der Waals surface area contributed by atoms with Crippen LogP contribution < -0.4 is 0 Å². The van der Waals surface area contributed by atoms with E-state index in [1.54, 1.807) is 0 Å². The van der Waals surface area contributed by atoms with Crippen LogP contribution in [0.5, 0.6) is 0 Å². The maximum Gasteiger partial charge on any atom is 0.286 e. The predicted molar refractivity (Wildman–Crippen MR) is 139 cm³/mol. The number of hydrogen-bond donors (Lipinski definition) is 0. The van der Waals surface area contributed by atoms with Gasteiger partial charge in [-0.3, -0.25) is 9.59 Å². The molecule has 0 aliphatic heterocycles. The van der Waals surface area contributed by atoms with E-state index in [2.05, 4.69) is 28.9 Å². The van der Waals surface area contributed by atoms with Crippen LogP contribution in [0.2, 0.25) is 0 Å². The molecule has 1 amide bonds. The molecule has 0 radical (unpaired) electrons. The summed E-state index contributed by atoms with van der Waals surface area (Å²) in [6.07, 6.45) is 5.59. The summed E-state index contributed by atoms with van der Waals surface area (Å²) in [5.41, 5.74) is 1.02. The first-order valence-corrected chi connectivity index (χ1v) is 13.8. The molecule has 1 aliphatic carbocycles. The van der Waals surface area contributed by atoms with Gasteiger partial charge in [0.1, 0.15) is 6.04 Å². The van der Waals surface area contributed by atoms with Crippen molar-refractivity contribution in [3.63, 3.8) is 0 Å². The molecule has 1 fully saturated rings. The van der Waals surface area contributed by atoms with E-state index >= 15 is 0 Å². The average Bonchev–Trinajstić information content (AvgIpc) is 3.32. The Morgan fingerprint density at radius 1 is 1.06 bits per heavy atom. The van der Waals surface area contributed by atoms with Gasteiger partial charge in [0.25, 0.3) is 11.1 Å². The number of thioether (sulfide) groups is 1. The van der Waals surface area contributed by atoms with E-state index < -0.39 is 6.04 Å². The van der Waals surface area contributed by atoms with E-state index in [4.69, 9.17) is 4.42 Å². The molecular weight excluding hydrogens is 460 g/mol. The smallest absolute Gasteiger partial charge is 0.286 e. The summed E-state index contributed by atoms with van der Waals surface area (Å²) in [7, 11) is 4.01. The molecule has 0 saturated heterocycles. The van der Waals surface area contributed by atoms with Gasteiger partial charge in [-0.25, -0.2) is 0 Å². The molecule has 192 valence electrons. The third-order valence-electron chi connectivity index (χ3n) is 6.62. The Hall–Kier alpha value is -2.19. The molecule has 0 N–H and O–H groups in total. The second-order valence-corrected chi connectivity index (χ2v) is 11.2. The SMILES string of the molecule is CC(C)CC(C(=O)c1nnc(SCCN(C)C)o1)N(C(=O)C1CCCCC1)C(C)c1ccccc1. The molecule has 2 aromatic rings. The number of Topliss-reactive ketones (excluding diaryl/α,β-unsaturated/α-hetero) is 1. The van der Waals surface area contributed by atoms with Gasteiger partial charge in [-0.05, 0) is 51.8 Å². The zero-order valence-electron chi connectivity index (χ0n) is 21.8. The fraction of sp³-hybridized carbons (Fsp3) is 0.630. The molecule has 35 heavy (non-hydrogen) atoms. The van der Waals surface area contributed by atoms with Gasteiger partial charge in [-0.1, -0.05) is 75.2 Å². The lowest BCUT2D eigenvalue weighted by Gasteiger charge is -2.39. The second kappa shape index (κ2) is 13.2. The summed E-state index contributed by atoms with van der Waals surface area (Å²) < 4.78 is 5.79. The van der Waals surface area contributed by atoms with Gasteiger partial charge in [0, 0.05) is 18.2 Å². The number of benzene rings is 1. The number of carbonyl (C=O) groups is 2. The Kier molecular flexibility index (Phi) is 10.3. The van der Waals surface area contributed by atoms with Gasteiger partial charge in [0.05, 0.1) is 6.04 Å². The fourth-order valence-corrected chi connectivity index (χ4v) is 5.55. The highest BCUT2D eigenvalue weighted by atomic mass is 32.2. The molecule has 1 saturated carbocycles. The zero-order valence-corrected chi connectivity index (χ0v) is 22.6. The lowest BCUT2D eigenvalue weighted by molar-refractivity contribution is -0.141. The van der Waals surface area contributed by atoms with Gasteiger partial charge in [-0.2, -0.15) is 0 Å². The first-order chi connectivity index (χ1) is 16.8. The maximum absolute atomic E-state index is 14.0. The third-order valence-corrected chi connectivity index (χ3v) is 7.42. The molecule has 0 bridgehead atoms. The zero-order chi connectivity index (χ0) is 25.4. The minimum absolute atomic E-state index is 0.00953. The Bertz CT molecular complexity index is 941. The number of hydrogen-bond acceptors (Lipinski definition) is 7. The Morgan fingerprint density at radius 3 is 2.37 bits per heavy atom. The van der Waals surface area contributed by atoms with Crippen molar-refractivity contribution in [3.05, 3.63) is 41.8 Å². The molecule has 0 spiro atoms. The molecule has 2 unspecified atom stereocenters. The first-order valence-electron chi connectivity index (χ1n) is 12.8. The second-order valence-electron chi connectivity index (χ2n) is 10.2. The first kappa shape index (κ1) is 27.4. The van der Waals surface area contributed by atoms with Gasteiger partial charge in [0.2, 0.25) is 11.7 Å². The monoisotopic (exact) mass is 500 g/mol. The Labute approximate surface area is 214 Å². The molecule has 3 rings (SSSR count). The molecule has 8 heteroatoms. The van der Waals surface area contributed by atoms with Crippen LogP contribution in [0.15, 0.2) is 40.0 Å². The lowest BCUT2D eigenvalue weighted by atomic mass is 9.86. The number of nitrogens with zero attached hydrogens (tertiary/aromatic N) is 4. The van der Waals surface area contributed by atoms with E-state index in [1.807, 2.05) is 56.3 Å². The van der Waals surface area contributed by atoms with E-state index in [0.717, 1.165) is 43.5 Å². The third kappa shape index (κ3) is 7.64. The summed E-state index contributed by atoms with van der Waals surface area (Å²) in [4.78, 5) is 31.7. The highest BCUT2D eigenvalue weighted by Gasteiger charge is 2.39. The van der Waals surface area contributed by atoms with Crippen LogP contribution in [0.3, 0.4) is 0 Å². The number of rotatable bonds is 12. The highest BCUT2D eigenvalue weighted by molar-refractivity contribution is 7.99. The Morgan fingerprint density at radius 2 is 1.74 bits per heavy atom. The van der Waals surface area contributed by atoms with Crippen LogP contribution in [0, 0.1) is 11.8 Å². The van der Waals surface area contributed by atoms with Crippen molar-refractivity contribution in [1.29, 1.82) is 0 Å². The molecule has 1 aromatic carbocycles. The highest BCUT2D eigenvalue weighted by Crippen LogP contribution is 2.33. The molecular formula is C27H40N4O3S. The molecule has 2 atom stereocenters. The topological polar surface area (TPSA) is 79.5 Å². The van der Waals surface area contributed by atoms with Crippen molar-refractivity contribution in [2.45, 2.75) is 76.6 Å². The largest absolute Gasteiger partial charge is 0.408 e. The molecule has 1 aromatic heterocycles. The van der Waals surface area contributed by atoms with Crippen molar-refractivity contribution >= 4 is 23.5 Å². The van der Waals surface area contributed by atoms with E-state index in [9.17, 15) is 9.59 Å². The lowest BCUT2D eigenvalue weighted by Crippen LogP contribution is -2.49. The van der Waals surface area contributed by atoms with E-state index in [0.29, 0.717) is 11.6 Å². The van der Waals surface area contributed by atoms with Crippen LogP contribution in [0.1, 0.15) is 81.6 Å². The summed E-state index contributed by atoms with van der Waals surface area (Å²) in [5.74, 6) is 0.750. The van der Waals surface area contributed by atoms with Crippen LogP contribution in [-0.2, 0) is 4.79 Å². The summed E-state index contributed by atoms with van der Waals surface area (Å²) in [6, 6.07) is 9.07. The summed E-state index contributed by atoms with van der Waals surface area (Å²) in [6.45, 7) is 7.04. The Balaban J connectivity index is 1.91. The molecule has 1 heterocycles. The van der Waals surface area contributed by atoms with E-state index in [1.165, 1.54) is 18.2 Å². The number of carbonyl (C=O) groups excluding carboxylic acids is 2. The summed E-state index contributed by atoms with van der Waals surface area (Å²) >= 11 is 1.44. The van der Waals surface area contributed by atoms with Crippen molar-refractivity contribution in [3.8, 4) is 0 Å². The number of amides is 1. The normalized spacial score (nSPS) is 16.4. The van der Waals surface area contributed by atoms with Gasteiger partial charge < -0.3 is 14.2 Å². The maximum atomic E-state index is 14.0. The van der Waals surface area contributed by atoms with Gasteiger partial charge in [-0.15, -0.1) is 10.2 Å². The number of aromatic nitrogens is 2. The van der Waals surface area contributed by atoms with Gasteiger partial charge >= 0.3 is 0 Å². The van der Waals surface area contributed by atoms with E-state index in [-0.39, 0.29) is 35.5 Å². The predicted octanol–water partition coefficient (Wildman–Crippen LogP) is 5.49. The molecule has 1 aliphatic rings. The van der Waals surface area contributed by atoms with Gasteiger partial charge in [0.15, 0.2) is 0 Å². The number of ketones is 1. The van der Waals surface area contributed by atoms with Crippen molar-refractivity contribution in [2.24, 2.45) is 11.8 Å². The van der Waals surface area contributed by atoms with Crippen LogP contribution in [-0.4, -0.2) is 64.1 Å². The fourth-order valence-electron chi connectivity index (χ4n) is 4.69.